The lowest BCUT2D eigenvalue weighted by atomic mass is 9.78. The Hall–Kier alpha value is -0.0800. The Morgan fingerprint density at radius 1 is 1.40 bits per heavy atom. The van der Waals surface area contributed by atoms with Gasteiger partial charge in [-0.05, 0) is 13.0 Å². The van der Waals surface area contributed by atoms with Gasteiger partial charge in [-0.25, -0.2) is 0 Å². The standard InChI is InChI=1S/C8H15NO/c1-2-3-9-4-8(5-9)6-10-7-8/h2-7H2,1H3. The molecule has 2 heterocycles. The summed E-state index contributed by atoms with van der Waals surface area (Å²) in [6.07, 6.45) is 1.29. The van der Waals surface area contributed by atoms with Crippen molar-refractivity contribution in [3.05, 3.63) is 0 Å². The predicted octanol–water partition coefficient (Wildman–Crippen LogP) is 0.729. The van der Waals surface area contributed by atoms with E-state index in [0.717, 1.165) is 13.2 Å². The average molecular weight is 141 g/mol. The van der Waals surface area contributed by atoms with Crippen molar-refractivity contribution in [2.24, 2.45) is 5.41 Å². The topological polar surface area (TPSA) is 12.5 Å². The second-order valence-electron chi connectivity index (χ2n) is 3.70. The van der Waals surface area contributed by atoms with Crippen LogP contribution in [0.25, 0.3) is 0 Å². The number of likely N-dealkylation sites (tertiary alicyclic amines) is 1. The maximum Gasteiger partial charge on any atom is 0.0569 e. The van der Waals surface area contributed by atoms with Crippen LogP contribution in [-0.4, -0.2) is 37.7 Å². The minimum atomic E-state index is 0.620. The van der Waals surface area contributed by atoms with Gasteiger partial charge in [0.2, 0.25) is 0 Å². The molecule has 0 N–H and O–H groups in total. The van der Waals surface area contributed by atoms with E-state index < -0.39 is 0 Å². The van der Waals surface area contributed by atoms with E-state index in [2.05, 4.69) is 11.8 Å². The monoisotopic (exact) mass is 141 g/mol. The third-order valence-corrected chi connectivity index (χ3v) is 2.47. The van der Waals surface area contributed by atoms with Crippen LogP contribution in [0.5, 0.6) is 0 Å². The number of nitrogens with zero attached hydrogens (tertiary/aromatic N) is 1. The summed E-state index contributed by atoms with van der Waals surface area (Å²) in [6.45, 7) is 8.14. The Labute approximate surface area is 62.2 Å². The van der Waals surface area contributed by atoms with E-state index in [-0.39, 0.29) is 0 Å². The van der Waals surface area contributed by atoms with Crippen molar-refractivity contribution in [2.45, 2.75) is 13.3 Å². The van der Waals surface area contributed by atoms with E-state index in [4.69, 9.17) is 4.74 Å². The van der Waals surface area contributed by atoms with Crippen LogP contribution in [0, 0.1) is 5.41 Å². The fourth-order valence-electron chi connectivity index (χ4n) is 1.95. The fourth-order valence-corrected chi connectivity index (χ4v) is 1.95. The Balaban J connectivity index is 1.72. The molecule has 10 heavy (non-hydrogen) atoms. The molecule has 0 aromatic carbocycles. The first-order valence-electron chi connectivity index (χ1n) is 4.15. The highest BCUT2D eigenvalue weighted by Crippen LogP contribution is 2.37. The lowest BCUT2D eigenvalue weighted by Gasteiger charge is -2.55. The van der Waals surface area contributed by atoms with Crippen LogP contribution in [0.3, 0.4) is 0 Å². The largest absolute Gasteiger partial charge is 0.380 e. The molecule has 2 aliphatic heterocycles. The van der Waals surface area contributed by atoms with Crippen molar-refractivity contribution in [1.29, 1.82) is 0 Å². The highest BCUT2D eigenvalue weighted by Gasteiger charge is 2.48. The summed E-state index contributed by atoms with van der Waals surface area (Å²) in [5.74, 6) is 0. The molecule has 0 aromatic rings. The van der Waals surface area contributed by atoms with Gasteiger partial charge in [-0.1, -0.05) is 6.92 Å². The van der Waals surface area contributed by atoms with Gasteiger partial charge in [-0.3, -0.25) is 0 Å². The van der Waals surface area contributed by atoms with Gasteiger partial charge in [-0.15, -0.1) is 0 Å². The molecule has 0 bridgehead atoms. The maximum absolute atomic E-state index is 5.18. The molecular formula is C8H15NO. The van der Waals surface area contributed by atoms with Crippen LogP contribution in [0.15, 0.2) is 0 Å². The Kier molecular flexibility index (Phi) is 1.46. The van der Waals surface area contributed by atoms with Crippen LogP contribution < -0.4 is 0 Å². The highest BCUT2D eigenvalue weighted by molar-refractivity contribution is 4.98. The van der Waals surface area contributed by atoms with Crippen LogP contribution in [0.2, 0.25) is 0 Å². The summed E-state index contributed by atoms with van der Waals surface area (Å²) >= 11 is 0. The van der Waals surface area contributed by atoms with Crippen molar-refractivity contribution < 1.29 is 4.74 Å². The van der Waals surface area contributed by atoms with Crippen molar-refractivity contribution >= 4 is 0 Å². The molecule has 0 saturated carbocycles. The Morgan fingerprint density at radius 3 is 2.50 bits per heavy atom. The second-order valence-corrected chi connectivity index (χ2v) is 3.70. The van der Waals surface area contributed by atoms with E-state index in [1.54, 1.807) is 0 Å². The fraction of sp³-hybridized carbons (Fsp3) is 1.00. The van der Waals surface area contributed by atoms with Gasteiger partial charge in [0.15, 0.2) is 0 Å². The van der Waals surface area contributed by atoms with Gasteiger partial charge < -0.3 is 9.64 Å². The second kappa shape index (κ2) is 2.21. The molecule has 0 aliphatic carbocycles. The molecule has 2 heteroatoms. The smallest absolute Gasteiger partial charge is 0.0569 e. The summed E-state index contributed by atoms with van der Waals surface area (Å²) in [4.78, 5) is 2.52. The van der Waals surface area contributed by atoms with Crippen LogP contribution in [-0.2, 0) is 4.74 Å². The molecule has 0 atom stereocenters. The van der Waals surface area contributed by atoms with E-state index in [0.29, 0.717) is 5.41 Å². The molecule has 1 spiro atoms. The zero-order valence-electron chi connectivity index (χ0n) is 6.60. The Morgan fingerprint density at radius 2 is 2.10 bits per heavy atom. The first-order chi connectivity index (χ1) is 4.85. The number of rotatable bonds is 2. The molecule has 2 fully saturated rings. The van der Waals surface area contributed by atoms with Crippen molar-refractivity contribution in [1.82, 2.24) is 4.90 Å². The number of hydrogen-bond acceptors (Lipinski definition) is 2. The molecule has 2 rings (SSSR count). The van der Waals surface area contributed by atoms with E-state index in [9.17, 15) is 0 Å². The molecule has 2 saturated heterocycles. The van der Waals surface area contributed by atoms with Gasteiger partial charge in [0.1, 0.15) is 0 Å². The van der Waals surface area contributed by atoms with Crippen LogP contribution in [0.1, 0.15) is 13.3 Å². The van der Waals surface area contributed by atoms with E-state index >= 15 is 0 Å². The third kappa shape index (κ3) is 0.867. The van der Waals surface area contributed by atoms with Gasteiger partial charge >= 0.3 is 0 Å². The van der Waals surface area contributed by atoms with E-state index in [1.165, 1.54) is 26.1 Å². The van der Waals surface area contributed by atoms with Gasteiger partial charge in [0.25, 0.3) is 0 Å². The first kappa shape index (κ1) is 6.62. The van der Waals surface area contributed by atoms with Crippen LogP contribution >= 0.6 is 0 Å². The molecule has 0 aromatic heterocycles. The van der Waals surface area contributed by atoms with Gasteiger partial charge in [0, 0.05) is 18.5 Å². The van der Waals surface area contributed by atoms with Gasteiger partial charge in [0.05, 0.1) is 13.2 Å². The maximum atomic E-state index is 5.18. The van der Waals surface area contributed by atoms with E-state index in [1.807, 2.05) is 0 Å². The van der Waals surface area contributed by atoms with Gasteiger partial charge in [-0.2, -0.15) is 0 Å². The molecule has 2 aliphatic rings. The Bertz CT molecular complexity index is 123. The lowest BCUT2D eigenvalue weighted by molar-refractivity contribution is -0.188. The molecular weight excluding hydrogens is 126 g/mol. The van der Waals surface area contributed by atoms with Crippen molar-refractivity contribution in [3.8, 4) is 0 Å². The summed E-state index contributed by atoms with van der Waals surface area (Å²) < 4.78 is 5.18. The summed E-state index contributed by atoms with van der Waals surface area (Å²) in [6, 6.07) is 0. The molecule has 0 unspecified atom stereocenters. The number of ether oxygens (including phenoxy) is 1. The van der Waals surface area contributed by atoms with Crippen molar-refractivity contribution in [2.75, 3.05) is 32.8 Å². The molecule has 2 nitrogen and oxygen atoms in total. The third-order valence-electron chi connectivity index (χ3n) is 2.47. The molecule has 0 radical (unpaired) electrons. The quantitative estimate of drug-likeness (QED) is 0.562. The zero-order chi connectivity index (χ0) is 7.03. The number of hydrogen-bond donors (Lipinski definition) is 0. The summed E-state index contributed by atoms with van der Waals surface area (Å²) in [7, 11) is 0. The average Bonchev–Trinajstić information content (AvgIpc) is 1.72. The minimum absolute atomic E-state index is 0.620. The lowest BCUT2D eigenvalue weighted by Crippen LogP contribution is -2.65. The summed E-state index contributed by atoms with van der Waals surface area (Å²) in [5.41, 5.74) is 0.620. The SMILES string of the molecule is CCCN1CC2(COC2)C1. The molecule has 58 valence electrons. The van der Waals surface area contributed by atoms with Crippen LogP contribution in [0.4, 0.5) is 0 Å². The predicted molar refractivity (Wildman–Crippen MR) is 40.0 cm³/mol. The van der Waals surface area contributed by atoms with Crippen molar-refractivity contribution in [3.63, 3.8) is 0 Å². The normalized spacial score (nSPS) is 29.7. The minimum Gasteiger partial charge on any atom is -0.380 e. The highest BCUT2D eigenvalue weighted by atomic mass is 16.5. The molecule has 0 amide bonds. The first-order valence-corrected chi connectivity index (χ1v) is 4.15. The zero-order valence-corrected chi connectivity index (χ0v) is 6.60. The summed E-state index contributed by atoms with van der Waals surface area (Å²) in [5, 5.41) is 0.